The van der Waals surface area contributed by atoms with Crippen molar-refractivity contribution in [3.8, 4) is 0 Å². The van der Waals surface area contributed by atoms with Crippen LogP contribution in [0.25, 0.3) is 0 Å². The van der Waals surface area contributed by atoms with Crippen molar-refractivity contribution in [2.24, 2.45) is 0 Å². The highest BCUT2D eigenvalue weighted by atomic mass is 19.0. The summed E-state index contributed by atoms with van der Waals surface area (Å²) in [5.41, 5.74) is 0.871. The zero-order valence-corrected chi connectivity index (χ0v) is 7.62. The molecule has 0 bridgehead atoms. The van der Waals surface area contributed by atoms with Gasteiger partial charge in [0.25, 0.3) is 0 Å². The van der Waals surface area contributed by atoms with Gasteiger partial charge in [0.2, 0.25) is 5.91 Å². The quantitative estimate of drug-likeness (QED) is 0.766. The third kappa shape index (κ3) is 4.25. The zero-order chi connectivity index (χ0) is 8.81. The SMILES string of the molecule is CCCC(=O)Nc1ccccc1.F. The molecule has 0 spiro atoms. The zero-order valence-electron chi connectivity index (χ0n) is 7.62. The molecule has 0 saturated heterocycles. The van der Waals surface area contributed by atoms with Gasteiger partial charge in [-0.15, -0.1) is 0 Å². The van der Waals surface area contributed by atoms with Gasteiger partial charge >= 0.3 is 0 Å². The van der Waals surface area contributed by atoms with Crippen LogP contribution in [0.1, 0.15) is 19.8 Å². The fourth-order valence-electron chi connectivity index (χ4n) is 0.972. The second-order valence-corrected chi connectivity index (χ2v) is 2.66. The van der Waals surface area contributed by atoms with Gasteiger partial charge in [-0.2, -0.15) is 0 Å². The van der Waals surface area contributed by atoms with Gasteiger partial charge in [-0.1, -0.05) is 25.1 Å². The molecule has 3 heteroatoms. The maximum absolute atomic E-state index is 11.1. The topological polar surface area (TPSA) is 29.1 Å². The Morgan fingerprint density at radius 1 is 1.31 bits per heavy atom. The highest BCUT2D eigenvalue weighted by molar-refractivity contribution is 5.90. The lowest BCUT2D eigenvalue weighted by molar-refractivity contribution is -0.116. The standard InChI is InChI=1S/C10H13NO.FH/c1-2-6-10(12)11-9-7-4-3-5-8-9;/h3-5,7-8H,2,6H2,1H3,(H,11,12);1H. The minimum atomic E-state index is 0. The number of anilines is 1. The molecule has 1 amide bonds. The average molecular weight is 183 g/mol. The van der Waals surface area contributed by atoms with Gasteiger partial charge in [0.1, 0.15) is 0 Å². The molecule has 1 aromatic carbocycles. The van der Waals surface area contributed by atoms with Gasteiger partial charge in [-0.25, -0.2) is 0 Å². The predicted octanol–water partition coefficient (Wildman–Crippen LogP) is 2.58. The van der Waals surface area contributed by atoms with Gasteiger partial charge in [0, 0.05) is 12.1 Å². The van der Waals surface area contributed by atoms with Crippen LogP contribution in [0.2, 0.25) is 0 Å². The van der Waals surface area contributed by atoms with Crippen LogP contribution in [0, 0.1) is 0 Å². The summed E-state index contributed by atoms with van der Waals surface area (Å²) in [4.78, 5) is 11.1. The average Bonchev–Trinajstić information content (AvgIpc) is 2.06. The van der Waals surface area contributed by atoms with Crippen LogP contribution in [-0.2, 0) is 4.79 Å². The number of hydrogen-bond donors (Lipinski definition) is 1. The van der Waals surface area contributed by atoms with E-state index in [4.69, 9.17) is 0 Å². The van der Waals surface area contributed by atoms with E-state index in [-0.39, 0.29) is 10.6 Å². The number of hydrogen-bond acceptors (Lipinski definition) is 1. The Morgan fingerprint density at radius 3 is 2.46 bits per heavy atom. The summed E-state index contributed by atoms with van der Waals surface area (Å²) in [5.74, 6) is 0.0868. The van der Waals surface area contributed by atoms with E-state index in [2.05, 4.69) is 5.32 Å². The van der Waals surface area contributed by atoms with Crippen LogP contribution in [-0.4, -0.2) is 5.91 Å². The first-order valence-corrected chi connectivity index (χ1v) is 4.18. The molecule has 0 aliphatic heterocycles. The largest absolute Gasteiger partial charge is 0.326 e. The predicted molar refractivity (Wildman–Crippen MR) is 52.5 cm³/mol. The molecule has 0 fully saturated rings. The maximum Gasteiger partial charge on any atom is 0.224 e. The Balaban J connectivity index is 0.00000144. The third-order valence-electron chi connectivity index (χ3n) is 1.53. The molecule has 1 N–H and O–H groups in total. The minimum absolute atomic E-state index is 0. The van der Waals surface area contributed by atoms with Crippen molar-refractivity contribution < 1.29 is 9.50 Å². The molecule has 72 valence electrons. The second kappa shape index (κ2) is 6.17. The van der Waals surface area contributed by atoms with Crippen molar-refractivity contribution in [1.82, 2.24) is 0 Å². The summed E-state index contributed by atoms with van der Waals surface area (Å²) in [7, 11) is 0. The van der Waals surface area contributed by atoms with Crippen LogP contribution in [0.5, 0.6) is 0 Å². The summed E-state index contributed by atoms with van der Waals surface area (Å²) in [6, 6.07) is 9.50. The van der Waals surface area contributed by atoms with E-state index >= 15 is 0 Å². The fraction of sp³-hybridized carbons (Fsp3) is 0.300. The van der Waals surface area contributed by atoms with Crippen LogP contribution in [0.15, 0.2) is 30.3 Å². The van der Waals surface area contributed by atoms with E-state index in [0.29, 0.717) is 6.42 Å². The molecule has 0 aromatic heterocycles. The molecule has 0 heterocycles. The van der Waals surface area contributed by atoms with Crippen LogP contribution < -0.4 is 5.32 Å². The van der Waals surface area contributed by atoms with E-state index in [1.54, 1.807) is 0 Å². The monoisotopic (exact) mass is 183 g/mol. The molecule has 2 nitrogen and oxygen atoms in total. The van der Waals surface area contributed by atoms with E-state index in [0.717, 1.165) is 12.1 Å². The first-order valence-electron chi connectivity index (χ1n) is 4.18. The smallest absolute Gasteiger partial charge is 0.224 e. The van der Waals surface area contributed by atoms with Crippen molar-refractivity contribution in [1.29, 1.82) is 0 Å². The highest BCUT2D eigenvalue weighted by Gasteiger charge is 1.97. The van der Waals surface area contributed by atoms with E-state index < -0.39 is 0 Å². The van der Waals surface area contributed by atoms with Crippen LogP contribution in [0.4, 0.5) is 10.4 Å². The lowest BCUT2D eigenvalue weighted by Crippen LogP contribution is -2.10. The van der Waals surface area contributed by atoms with Gasteiger partial charge < -0.3 is 5.32 Å². The third-order valence-corrected chi connectivity index (χ3v) is 1.53. The van der Waals surface area contributed by atoms with Gasteiger partial charge in [-0.3, -0.25) is 9.50 Å². The van der Waals surface area contributed by atoms with Crippen molar-refractivity contribution >= 4 is 11.6 Å². The number of nitrogens with one attached hydrogen (secondary N) is 1. The number of carbonyl (C=O) groups is 1. The number of rotatable bonds is 3. The molecule has 0 aliphatic carbocycles. The lowest BCUT2D eigenvalue weighted by atomic mass is 10.3. The minimum Gasteiger partial charge on any atom is -0.326 e. The molecule has 1 aromatic rings. The Bertz CT molecular complexity index is 248. The van der Waals surface area contributed by atoms with Gasteiger partial charge in [0.05, 0.1) is 0 Å². The summed E-state index contributed by atoms with van der Waals surface area (Å²) >= 11 is 0. The second-order valence-electron chi connectivity index (χ2n) is 2.66. The molecule has 0 unspecified atom stereocenters. The van der Waals surface area contributed by atoms with Crippen molar-refractivity contribution in [3.05, 3.63) is 30.3 Å². The lowest BCUT2D eigenvalue weighted by Gasteiger charge is -2.02. The Kier molecular flexibility index (Phi) is 5.52. The summed E-state index contributed by atoms with van der Waals surface area (Å²) < 4.78 is 0. The summed E-state index contributed by atoms with van der Waals surface area (Å²) in [6.45, 7) is 1.99. The van der Waals surface area contributed by atoms with Crippen LogP contribution >= 0.6 is 0 Å². The molecular formula is C10H14FNO. The fourth-order valence-corrected chi connectivity index (χ4v) is 0.972. The van der Waals surface area contributed by atoms with Crippen LogP contribution in [0.3, 0.4) is 0 Å². The molecule has 0 saturated carbocycles. The number of amides is 1. The summed E-state index contributed by atoms with van der Waals surface area (Å²) in [6.07, 6.45) is 1.48. The molecular weight excluding hydrogens is 169 g/mol. The van der Waals surface area contributed by atoms with E-state index in [1.807, 2.05) is 37.3 Å². The molecule has 0 aliphatic rings. The number of halogens is 1. The number of benzene rings is 1. The normalized spacial score (nSPS) is 8.69. The van der Waals surface area contributed by atoms with Gasteiger partial charge in [-0.05, 0) is 18.6 Å². The van der Waals surface area contributed by atoms with Crippen molar-refractivity contribution in [3.63, 3.8) is 0 Å². The van der Waals surface area contributed by atoms with Crippen molar-refractivity contribution in [2.75, 3.05) is 5.32 Å². The highest BCUT2D eigenvalue weighted by Crippen LogP contribution is 2.05. The Labute approximate surface area is 77.3 Å². The molecule has 0 atom stereocenters. The first kappa shape index (κ1) is 11.6. The molecule has 0 radical (unpaired) electrons. The van der Waals surface area contributed by atoms with E-state index in [1.165, 1.54) is 0 Å². The molecule has 13 heavy (non-hydrogen) atoms. The number of para-hydroxylation sites is 1. The first-order chi connectivity index (χ1) is 5.83. The maximum atomic E-state index is 11.1. The number of carbonyl (C=O) groups excluding carboxylic acids is 1. The van der Waals surface area contributed by atoms with Gasteiger partial charge in [0.15, 0.2) is 0 Å². The summed E-state index contributed by atoms with van der Waals surface area (Å²) in [5, 5.41) is 2.80. The molecule has 1 rings (SSSR count). The van der Waals surface area contributed by atoms with E-state index in [9.17, 15) is 4.79 Å². The van der Waals surface area contributed by atoms with Crippen molar-refractivity contribution in [2.45, 2.75) is 19.8 Å². The Morgan fingerprint density at radius 2 is 1.92 bits per heavy atom. The Hall–Kier alpha value is -1.38.